The van der Waals surface area contributed by atoms with E-state index in [1.807, 2.05) is 0 Å². The van der Waals surface area contributed by atoms with Crippen LogP contribution in [0.25, 0.3) is 0 Å². The number of unbranched alkanes of at least 4 members (excludes halogenated alkanes) is 8. The Hall–Kier alpha value is -0.480. The predicted molar refractivity (Wildman–Crippen MR) is 73.5 cm³/mol. The van der Waals surface area contributed by atoms with Crippen molar-refractivity contribution in [2.45, 2.75) is 71.1 Å². The summed E-state index contributed by atoms with van der Waals surface area (Å²) in [6.07, 6.45) is 18.3. The first-order valence-electron chi connectivity index (χ1n) is 7.06. The standard InChI is InChI=1S/C15H29N/c1-3-5-7-9-10-11-13-15-16-14-12-8-6-4-2/h2,16H,3,5-15H2,1H3. The molecule has 0 fully saturated rings. The lowest BCUT2D eigenvalue weighted by Gasteiger charge is -2.04. The Morgan fingerprint density at radius 1 is 0.812 bits per heavy atom. The van der Waals surface area contributed by atoms with Gasteiger partial charge in [-0.2, -0.15) is 0 Å². The maximum atomic E-state index is 5.19. The Bertz CT molecular complexity index is 157. The summed E-state index contributed by atoms with van der Waals surface area (Å²) in [6.45, 7) is 4.59. The van der Waals surface area contributed by atoms with Crippen LogP contribution in [-0.2, 0) is 0 Å². The largest absolute Gasteiger partial charge is 0.317 e. The Morgan fingerprint density at radius 2 is 1.38 bits per heavy atom. The highest BCUT2D eigenvalue weighted by Crippen LogP contribution is 2.06. The van der Waals surface area contributed by atoms with Crippen LogP contribution in [0.4, 0.5) is 0 Å². The Kier molecular flexibility index (Phi) is 14.1. The van der Waals surface area contributed by atoms with Gasteiger partial charge in [-0.3, -0.25) is 0 Å². The van der Waals surface area contributed by atoms with Crippen molar-refractivity contribution in [3.05, 3.63) is 0 Å². The van der Waals surface area contributed by atoms with Gasteiger partial charge in [0.1, 0.15) is 0 Å². The second-order valence-electron chi connectivity index (χ2n) is 4.53. The zero-order valence-corrected chi connectivity index (χ0v) is 11.1. The molecule has 0 spiro atoms. The van der Waals surface area contributed by atoms with Gasteiger partial charge in [-0.15, -0.1) is 12.3 Å². The molecule has 1 heteroatoms. The molecule has 1 N–H and O–H groups in total. The van der Waals surface area contributed by atoms with Crippen molar-refractivity contribution in [3.63, 3.8) is 0 Å². The van der Waals surface area contributed by atoms with Crippen LogP contribution in [0.1, 0.15) is 71.1 Å². The molecule has 1 nitrogen and oxygen atoms in total. The molecule has 0 aliphatic rings. The van der Waals surface area contributed by atoms with Gasteiger partial charge in [0.05, 0.1) is 0 Å². The lowest BCUT2D eigenvalue weighted by molar-refractivity contribution is 0.553. The normalized spacial score (nSPS) is 10.2. The average Bonchev–Trinajstić information content (AvgIpc) is 2.31. The van der Waals surface area contributed by atoms with E-state index in [0.717, 1.165) is 13.0 Å². The first-order valence-corrected chi connectivity index (χ1v) is 7.06. The molecule has 0 radical (unpaired) electrons. The molecular formula is C15H29N. The fourth-order valence-electron chi connectivity index (χ4n) is 1.81. The molecule has 0 heterocycles. The van der Waals surface area contributed by atoms with E-state index in [-0.39, 0.29) is 0 Å². The van der Waals surface area contributed by atoms with E-state index < -0.39 is 0 Å². The molecule has 0 aromatic carbocycles. The van der Waals surface area contributed by atoms with Crippen molar-refractivity contribution < 1.29 is 0 Å². The first kappa shape index (κ1) is 15.5. The highest BCUT2D eigenvalue weighted by Gasteiger charge is 1.91. The van der Waals surface area contributed by atoms with Gasteiger partial charge in [-0.05, 0) is 32.4 Å². The molecule has 0 unspecified atom stereocenters. The van der Waals surface area contributed by atoms with Crippen LogP contribution in [0.5, 0.6) is 0 Å². The van der Waals surface area contributed by atoms with Crippen molar-refractivity contribution >= 4 is 0 Å². The summed E-state index contributed by atoms with van der Waals surface area (Å²) in [5.74, 6) is 2.68. The molecule has 0 aliphatic heterocycles. The van der Waals surface area contributed by atoms with Crippen molar-refractivity contribution in [2.75, 3.05) is 13.1 Å². The molecule has 0 atom stereocenters. The highest BCUT2D eigenvalue weighted by molar-refractivity contribution is 4.82. The van der Waals surface area contributed by atoms with E-state index in [1.54, 1.807) is 0 Å². The summed E-state index contributed by atoms with van der Waals surface area (Å²) in [4.78, 5) is 0. The predicted octanol–water partition coefficient (Wildman–Crippen LogP) is 4.13. The summed E-state index contributed by atoms with van der Waals surface area (Å²) in [5.41, 5.74) is 0. The molecule has 16 heavy (non-hydrogen) atoms. The summed E-state index contributed by atoms with van der Waals surface area (Å²) in [7, 11) is 0. The van der Waals surface area contributed by atoms with Crippen LogP contribution in [0.2, 0.25) is 0 Å². The minimum atomic E-state index is 0.930. The second kappa shape index (κ2) is 14.5. The smallest absolute Gasteiger partial charge is 0.00865 e. The molecule has 0 bridgehead atoms. The molecule has 0 saturated heterocycles. The van der Waals surface area contributed by atoms with Crippen LogP contribution < -0.4 is 5.32 Å². The van der Waals surface area contributed by atoms with E-state index in [9.17, 15) is 0 Å². The highest BCUT2D eigenvalue weighted by atomic mass is 14.8. The molecule has 0 rings (SSSR count). The van der Waals surface area contributed by atoms with Gasteiger partial charge in [0, 0.05) is 6.42 Å². The SMILES string of the molecule is C#CCCCCNCCCCCCCCC. The van der Waals surface area contributed by atoms with Gasteiger partial charge in [0.15, 0.2) is 0 Å². The zero-order valence-electron chi connectivity index (χ0n) is 11.1. The number of nitrogens with one attached hydrogen (secondary N) is 1. The third kappa shape index (κ3) is 13.5. The van der Waals surface area contributed by atoms with Gasteiger partial charge in [0.25, 0.3) is 0 Å². The third-order valence-corrected chi connectivity index (χ3v) is 2.88. The summed E-state index contributed by atoms with van der Waals surface area (Å²) in [5, 5.41) is 3.48. The maximum Gasteiger partial charge on any atom is 0.00865 e. The van der Waals surface area contributed by atoms with E-state index in [0.29, 0.717) is 0 Å². The third-order valence-electron chi connectivity index (χ3n) is 2.88. The second-order valence-corrected chi connectivity index (χ2v) is 4.53. The Morgan fingerprint density at radius 3 is 2.00 bits per heavy atom. The topological polar surface area (TPSA) is 12.0 Å². The summed E-state index contributed by atoms with van der Waals surface area (Å²) >= 11 is 0. The van der Waals surface area contributed by atoms with Crippen molar-refractivity contribution in [2.24, 2.45) is 0 Å². The maximum absolute atomic E-state index is 5.19. The summed E-state index contributed by atoms with van der Waals surface area (Å²) in [6, 6.07) is 0. The van der Waals surface area contributed by atoms with Gasteiger partial charge < -0.3 is 5.32 Å². The van der Waals surface area contributed by atoms with Crippen molar-refractivity contribution in [1.82, 2.24) is 5.32 Å². The molecule has 94 valence electrons. The number of rotatable bonds is 12. The number of hydrogen-bond donors (Lipinski definition) is 1. The fraction of sp³-hybridized carbons (Fsp3) is 0.867. The van der Waals surface area contributed by atoms with Gasteiger partial charge in [-0.25, -0.2) is 0 Å². The van der Waals surface area contributed by atoms with E-state index in [4.69, 9.17) is 6.42 Å². The van der Waals surface area contributed by atoms with E-state index in [2.05, 4.69) is 18.2 Å². The molecule has 0 saturated carbocycles. The average molecular weight is 223 g/mol. The number of terminal acetylenes is 1. The zero-order chi connectivity index (χ0) is 11.9. The summed E-state index contributed by atoms with van der Waals surface area (Å²) < 4.78 is 0. The van der Waals surface area contributed by atoms with E-state index in [1.165, 1.54) is 64.3 Å². The van der Waals surface area contributed by atoms with Crippen molar-refractivity contribution in [3.8, 4) is 12.3 Å². The quantitative estimate of drug-likeness (QED) is 0.387. The Balaban J connectivity index is 2.86. The van der Waals surface area contributed by atoms with E-state index >= 15 is 0 Å². The minimum Gasteiger partial charge on any atom is -0.317 e. The van der Waals surface area contributed by atoms with Gasteiger partial charge in [0.2, 0.25) is 0 Å². The minimum absolute atomic E-state index is 0.930. The van der Waals surface area contributed by atoms with Gasteiger partial charge >= 0.3 is 0 Å². The fourth-order valence-corrected chi connectivity index (χ4v) is 1.81. The van der Waals surface area contributed by atoms with Crippen LogP contribution in [0, 0.1) is 12.3 Å². The van der Waals surface area contributed by atoms with Crippen LogP contribution in [0.3, 0.4) is 0 Å². The van der Waals surface area contributed by atoms with Crippen LogP contribution in [-0.4, -0.2) is 13.1 Å². The lowest BCUT2D eigenvalue weighted by atomic mass is 10.1. The van der Waals surface area contributed by atoms with Crippen LogP contribution in [0.15, 0.2) is 0 Å². The number of hydrogen-bond acceptors (Lipinski definition) is 1. The monoisotopic (exact) mass is 223 g/mol. The molecule has 0 amide bonds. The Labute approximate surface area is 102 Å². The van der Waals surface area contributed by atoms with Gasteiger partial charge in [-0.1, -0.05) is 45.4 Å². The molecular weight excluding hydrogens is 194 g/mol. The first-order chi connectivity index (χ1) is 7.91. The lowest BCUT2D eigenvalue weighted by Crippen LogP contribution is -2.16. The molecule has 0 aliphatic carbocycles. The van der Waals surface area contributed by atoms with Crippen molar-refractivity contribution in [1.29, 1.82) is 0 Å². The molecule has 0 aromatic rings. The van der Waals surface area contributed by atoms with Crippen LogP contribution >= 0.6 is 0 Å². The molecule has 0 aromatic heterocycles.